The zero-order valence-electron chi connectivity index (χ0n) is 8.17. The van der Waals surface area contributed by atoms with E-state index in [0.29, 0.717) is 4.21 Å². The standard InChI is InChI=1S/C9H13NO3S2/c11-6-5-10(8-3-4-8)15(12,13)9-2-1-7-14-9/h1-2,7-8,11H,3-6H2. The molecule has 0 aromatic carbocycles. The molecule has 6 heteroatoms. The van der Waals surface area contributed by atoms with Crippen molar-refractivity contribution in [2.45, 2.75) is 23.1 Å². The molecule has 1 N–H and O–H groups in total. The Morgan fingerprint density at radius 3 is 2.73 bits per heavy atom. The third-order valence-corrected chi connectivity index (χ3v) is 5.66. The van der Waals surface area contributed by atoms with Crippen molar-refractivity contribution in [3.05, 3.63) is 17.5 Å². The minimum atomic E-state index is -3.36. The fourth-order valence-electron chi connectivity index (χ4n) is 1.49. The Morgan fingerprint density at radius 2 is 2.27 bits per heavy atom. The summed E-state index contributed by atoms with van der Waals surface area (Å²) in [5.41, 5.74) is 0. The normalized spacial score (nSPS) is 17.2. The van der Waals surface area contributed by atoms with Gasteiger partial charge in [0.25, 0.3) is 10.0 Å². The molecule has 1 aromatic rings. The SMILES string of the molecule is O=S(=O)(c1cccs1)N(CCO)C1CC1. The largest absolute Gasteiger partial charge is 0.395 e. The molecular formula is C9H13NO3S2. The number of hydrogen-bond donors (Lipinski definition) is 1. The molecule has 1 heterocycles. The molecule has 0 atom stereocenters. The van der Waals surface area contributed by atoms with Crippen LogP contribution in [0.4, 0.5) is 0 Å². The zero-order valence-corrected chi connectivity index (χ0v) is 9.80. The Balaban J connectivity index is 2.26. The third-order valence-electron chi connectivity index (χ3n) is 2.33. The van der Waals surface area contributed by atoms with Gasteiger partial charge in [-0.3, -0.25) is 0 Å². The summed E-state index contributed by atoms with van der Waals surface area (Å²) in [5.74, 6) is 0. The third kappa shape index (κ3) is 2.23. The minimum Gasteiger partial charge on any atom is -0.395 e. The van der Waals surface area contributed by atoms with Gasteiger partial charge in [0.1, 0.15) is 4.21 Å². The van der Waals surface area contributed by atoms with Crippen LogP contribution in [-0.4, -0.2) is 37.0 Å². The van der Waals surface area contributed by atoms with Gasteiger partial charge in [0, 0.05) is 12.6 Å². The van der Waals surface area contributed by atoms with Crippen molar-refractivity contribution in [3.63, 3.8) is 0 Å². The van der Waals surface area contributed by atoms with Crippen molar-refractivity contribution in [2.24, 2.45) is 0 Å². The molecule has 1 fully saturated rings. The van der Waals surface area contributed by atoms with E-state index in [2.05, 4.69) is 0 Å². The molecule has 15 heavy (non-hydrogen) atoms. The first-order valence-electron chi connectivity index (χ1n) is 4.82. The highest BCUT2D eigenvalue weighted by Crippen LogP contribution is 2.32. The van der Waals surface area contributed by atoms with Crippen molar-refractivity contribution >= 4 is 21.4 Å². The summed E-state index contributed by atoms with van der Waals surface area (Å²) < 4.78 is 26.0. The molecule has 2 rings (SSSR count). The number of thiophene rings is 1. The second-order valence-corrected chi connectivity index (χ2v) is 6.57. The molecule has 84 valence electrons. The van der Waals surface area contributed by atoms with Gasteiger partial charge in [0.15, 0.2) is 0 Å². The number of sulfonamides is 1. The summed E-state index contributed by atoms with van der Waals surface area (Å²) in [6, 6.07) is 3.43. The van der Waals surface area contributed by atoms with Gasteiger partial charge in [-0.15, -0.1) is 11.3 Å². The van der Waals surface area contributed by atoms with Crippen LogP contribution in [0, 0.1) is 0 Å². The molecule has 0 radical (unpaired) electrons. The topological polar surface area (TPSA) is 57.6 Å². The first-order valence-corrected chi connectivity index (χ1v) is 7.14. The van der Waals surface area contributed by atoms with E-state index in [1.165, 1.54) is 15.6 Å². The van der Waals surface area contributed by atoms with Gasteiger partial charge < -0.3 is 5.11 Å². The highest BCUT2D eigenvalue weighted by molar-refractivity contribution is 7.91. The van der Waals surface area contributed by atoms with Crippen LogP contribution in [0.3, 0.4) is 0 Å². The van der Waals surface area contributed by atoms with Crippen molar-refractivity contribution in [3.8, 4) is 0 Å². The summed E-state index contributed by atoms with van der Waals surface area (Å²) in [6.45, 7) is 0.0754. The molecular weight excluding hydrogens is 234 g/mol. The first-order chi connectivity index (χ1) is 7.16. The van der Waals surface area contributed by atoms with Crippen LogP contribution in [-0.2, 0) is 10.0 Å². The highest BCUT2D eigenvalue weighted by Gasteiger charge is 2.37. The number of hydrogen-bond acceptors (Lipinski definition) is 4. The molecule has 0 unspecified atom stereocenters. The first kappa shape index (κ1) is 11.1. The Bertz CT molecular complexity index is 409. The Labute approximate surface area is 93.2 Å². The van der Waals surface area contributed by atoms with E-state index in [1.54, 1.807) is 17.5 Å². The van der Waals surface area contributed by atoms with Gasteiger partial charge >= 0.3 is 0 Å². The summed E-state index contributed by atoms with van der Waals surface area (Å²) in [4.78, 5) is 0. The highest BCUT2D eigenvalue weighted by atomic mass is 32.2. The lowest BCUT2D eigenvalue weighted by atomic mass is 10.6. The Hall–Kier alpha value is -0.430. The van der Waals surface area contributed by atoms with Crippen LogP contribution in [0.2, 0.25) is 0 Å². The average molecular weight is 247 g/mol. The van der Waals surface area contributed by atoms with E-state index in [-0.39, 0.29) is 19.2 Å². The lowest BCUT2D eigenvalue weighted by Gasteiger charge is -2.19. The maximum atomic E-state index is 12.1. The van der Waals surface area contributed by atoms with Crippen LogP contribution in [0.5, 0.6) is 0 Å². The van der Waals surface area contributed by atoms with Crippen molar-refractivity contribution in [1.29, 1.82) is 0 Å². The van der Waals surface area contributed by atoms with Gasteiger partial charge in [-0.25, -0.2) is 8.42 Å². The molecule has 0 aliphatic heterocycles. The predicted molar refractivity (Wildman–Crippen MR) is 58.3 cm³/mol. The summed E-state index contributed by atoms with van der Waals surface area (Å²) in [7, 11) is -3.36. The lowest BCUT2D eigenvalue weighted by Crippen LogP contribution is -2.35. The second kappa shape index (κ2) is 4.21. The fraction of sp³-hybridized carbons (Fsp3) is 0.556. The van der Waals surface area contributed by atoms with Crippen LogP contribution < -0.4 is 0 Å². The maximum absolute atomic E-state index is 12.1. The van der Waals surface area contributed by atoms with Gasteiger partial charge in [-0.1, -0.05) is 6.07 Å². The smallest absolute Gasteiger partial charge is 0.252 e. The van der Waals surface area contributed by atoms with Crippen LogP contribution in [0.15, 0.2) is 21.7 Å². The average Bonchev–Trinajstić information content (AvgIpc) is 2.86. The van der Waals surface area contributed by atoms with E-state index in [1.807, 2.05) is 0 Å². The van der Waals surface area contributed by atoms with Gasteiger partial charge in [0.05, 0.1) is 6.61 Å². The lowest BCUT2D eigenvalue weighted by molar-refractivity contribution is 0.250. The zero-order chi connectivity index (χ0) is 10.9. The summed E-state index contributed by atoms with van der Waals surface area (Å²) >= 11 is 1.22. The van der Waals surface area contributed by atoms with E-state index < -0.39 is 10.0 Å². The molecule has 1 aliphatic rings. The van der Waals surface area contributed by atoms with Gasteiger partial charge in [0.2, 0.25) is 0 Å². The molecule has 1 saturated carbocycles. The number of aliphatic hydroxyl groups is 1. The molecule has 0 amide bonds. The Kier molecular flexibility index (Phi) is 3.11. The van der Waals surface area contributed by atoms with Gasteiger partial charge in [-0.05, 0) is 24.3 Å². The molecule has 0 bridgehead atoms. The molecule has 1 aliphatic carbocycles. The Morgan fingerprint density at radius 1 is 1.53 bits per heavy atom. The number of aliphatic hydroxyl groups excluding tert-OH is 1. The number of rotatable bonds is 5. The van der Waals surface area contributed by atoms with E-state index in [0.717, 1.165) is 12.8 Å². The summed E-state index contributed by atoms with van der Waals surface area (Å²) in [6.07, 6.45) is 1.81. The molecule has 0 saturated heterocycles. The van der Waals surface area contributed by atoms with Crippen molar-refractivity contribution in [1.82, 2.24) is 4.31 Å². The summed E-state index contributed by atoms with van der Waals surface area (Å²) in [5, 5.41) is 10.6. The second-order valence-electron chi connectivity index (χ2n) is 3.50. The fourth-order valence-corrected chi connectivity index (χ4v) is 4.28. The van der Waals surface area contributed by atoms with Crippen LogP contribution in [0.1, 0.15) is 12.8 Å². The van der Waals surface area contributed by atoms with Crippen molar-refractivity contribution in [2.75, 3.05) is 13.2 Å². The van der Waals surface area contributed by atoms with Crippen LogP contribution in [0.25, 0.3) is 0 Å². The van der Waals surface area contributed by atoms with E-state index in [4.69, 9.17) is 5.11 Å². The molecule has 0 spiro atoms. The maximum Gasteiger partial charge on any atom is 0.252 e. The van der Waals surface area contributed by atoms with Crippen molar-refractivity contribution < 1.29 is 13.5 Å². The van der Waals surface area contributed by atoms with Gasteiger partial charge in [-0.2, -0.15) is 4.31 Å². The quantitative estimate of drug-likeness (QED) is 0.841. The van der Waals surface area contributed by atoms with Crippen LogP contribution >= 0.6 is 11.3 Å². The van der Waals surface area contributed by atoms with E-state index in [9.17, 15) is 8.42 Å². The van der Waals surface area contributed by atoms with E-state index >= 15 is 0 Å². The predicted octanol–water partition coefficient (Wildman–Crippen LogP) is 0.894. The molecule has 1 aromatic heterocycles. The number of nitrogens with zero attached hydrogens (tertiary/aromatic N) is 1. The minimum absolute atomic E-state index is 0.101. The monoisotopic (exact) mass is 247 g/mol. The molecule has 4 nitrogen and oxygen atoms in total.